The van der Waals surface area contributed by atoms with Crippen LogP contribution < -0.4 is 5.32 Å². The molecule has 0 radical (unpaired) electrons. The van der Waals surface area contributed by atoms with Crippen LogP contribution in [0.25, 0.3) is 10.9 Å². The molecule has 0 amide bonds. The molecular formula is C13H17N7S. The van der Waals surface area contributed by atoms with E-state index in [0.717, 1.165) is 35.2 Å². The monoisotopic (exact) mass is 303 g/mol. The number of benzene rings is 1. The van der Waals surface area contributed by atoms with Gasteiger partial charge in [0.05, 0.1) is 17.8 Å². The van der Waals surface area contributed by atoms with Gasteiger partial charge in [0, 0.05) is 24.7 Å². The van der Waals surface area contributed by atoms with E-state index < -0.39 is 0 Å². The Morgan fingerprint density at radius 1 is 1.29 bits per heavy atom. The molecule has 0 saturated heterocycles. The van der Waals surface area contributed by atoms with Crippen molar-refractivity contribution in [2.24, 2.45) is 7.05 Å². The molecule has 2 aromatic heterocycles. The number of thioether (sulfide) groups is 1. The Morgan fingerprint density at radius 2 is 2.14 bits per heavy atom. The molecule has 7 nitrogen and oxygen atoms in total. The number of aryl methyl sites for hydroxylation is 1. The maximum absolute atomic E-state index is 4.59. The average Bonchev–Trinajstić information content (AvgIpc) is 3.08. The molecule has 0 saturated carbocycles. The molecule has 0 atom stereocenters. The van der Waals surface area contributed by atoms with Crippen LogP contribution in [0.5, 0.6) is 0 Å². The normalized spacial score (nSPS) is 11.3. The zero-order valence-electron chi connectivity index (χ0n) is 12.0. The van der Waals surface area contributed by atoms with E-state index in [0.29, 0.717) is 0 Å². The first-order valence-electron chi connectivity index (χ1n) is 6.74. The van der Waals surface area contributed by atoms with E-state index in [1.54, 1.807) is 11.8 Å². The van der Waals surface area contributed by atoms with Gasteiger partial charge < -0.3 is 5.32 Å². The summed E-state index contributed by atoms with van der Waals surface area (Å²) in [6.45, 7) is 1.60. The van der Waals surface area contributed by atoms with E-state index >= 15 is 0 Å². The first-order valence-corrected chi connectivity index (χ1v) is 7.72. The zero-order valence-corrected chi connectivity index (χ0v) is 12.8. The summed E-state index contributed by atoms with van der Waals surface area (Å²) in [5.41, 5.74) is 2.20. The lowest BCUT2D eigenvalue weighted by Gasteiger charge is -2.02. The molecule has 1 aromatic carbocycles. The van der Waals surface area contributed by atoms with Crippen LogP contribution in [-0.4, -0.2) is 43.6 Å². The minimum atomic E-state index is 0.751. The molecule has 0 spiro atoms. The Hall–Kier alpha value is -1.93. The molecule has 0 fully saturated rings. The second-order valence-electron chi connectivity index (χ2n) is 4.66. The van der Waals surface area contributed by atoms with Crippen LogP contribution in [-0.2, 0) is 19.3 Å². The topological polar surface area (TPSA) is 73.5 Å². The molecule has 1 N–H and O–H groups in total. The van der Waals surface area contributed by atoms with Crippen molar-refractivity contribution < 1.29 is 0 Å². The van der Waals surface area contributed by atoms with Gasteiger partial charge in [0.2, 0.25) is 5.16 Å². The fourth-order valence-corrected chi connectivity index (χ4v) is 3.04. The Morgan fingerprint density at radius 3 is 3.00 bits per heavy atom. The third-order valence-electron chi connectivity index (χ3n) is 3.24. The van der Waals surface area contributed by atoms with Crippen LogP contribution in [0.4, 0.5) is 0 Å². The van der Waals surface area contributed by atoms with Crippen molar-refractivity contribution in [2.45, 2.75) is 17.5 Å². The summed E-state index contributed by atoms with van der Waals surface area (Å²) in [4.78, 5) is 0. The lowest BCUT2D eigenvalue weighted by atomic mass is 10.2. The highest BCUT2D eigenvalue weighted by Gasteiger charge is 2.11. The Bertz CT molecular complexity index is 733. The Balaban J connectivity index is 1.76. The number of aromatic nitrogens is 6. The lowest BCUT2D eigenvalue weighted by molar-refractivity contribution is 0.530. The van der Waals surface area contributed by atoms with Gasteiger partial charge in [0.1, 0.15) is 0 Å². The first kappa shape index (κ1) is 14.0. The summed E-state index contributed by atoms with van der Waals surface area (Å²) < 4.78 is 3.72. The van der Waals surface area contributed by atoms with Gasteiger partial charge in [-0.05, 0) is 23.5 Å². The molecule has 3 aromatic rings. The molecule has 110 valence electrons. The molecule has 0 bridgehead atoms. The summed E-state index contributed by atoms with van der Waals surface area (Å²) in [5, 5.41) is 21.5. The molecule has 3 rings (SSSR count). The smallest absolute Gasteiger partial charge is 0.209 e. The summed E-state index contributed by atoms with van der Waals surface area (Å²) in [7, 11) is 3.88. The van der Waals surface area contributed by atoms with Gasteiger partial charge in [-0.25, -0.2) is 4.68 Å². The van der Waals surface area contributed by atoms with E-state index in [1.165, 1.54) is 5.39 Å². The van der Waals surface area contributed by atoms with Crippen molar-refractivity contribution >= 4 is 22.7 Å². The van der Waals surface area contributed by atoms with Crippen LogP contribution in [0.3, 0.4) is 0 Å². The highest BCUT2D eigenvalue weighted by Crippen LogP contribution is 2.24. The van der Waals surface area contributed by atoms with Gasteiger partial charge >= 0.3 is 0 Å². The van der Waals surface area contributed by atoms with E-state index in [1.807, 2.05) is 35.6 Å². The fraction of sp³-hybridized carbons (Fsp3) is 0.385. The molecule has 8 heteroatoms. The van der Waals surface area contributed by atoms with Crippen molar-refractivity contribution in [3.05, 3.63) is 30.0 Å². The number of para-hydroxylation sites is 1. The highest BCUT2D eigenvalue weighted by molar-refractivity contribution is 7.98. The third kappa shape index (κ3) is 2.91. The Labute approximate surface area is 126 Å². The van der Waals surface area contributed by atoms with Gasteiger partial charge in [0.25, 0.3) is 0 Å². The number of tetrazole rings is 1. The number of rotatable bonds is 6. The standard InChI is InChI=1S/C13H17N7S/c1-14-7-8-20-13(15-17-18-20)21-9-11-10-5-3-4-6-12(10)19(2)16-11/h3-6,14H,7-9H2,1-2H3. The van der Waals surface area contributed by atoms with Crippen molar-refractivity contribution in [2.75, 3.05) is 13.6 Å². The average molecular weight is 303 g/mol. The minimum Gasteiger partial charge on any atom is -0.318 e. The summed E-state index contributed by atoms with van der Waals surface area (Å²) in [6, 6.07) is 8.24. The SMILES string of the molecule is CNCCn1nnnc1SCc1nn(C)c2ccccc12. The molecule has 0 unspecified atom stereocenters. The molecule has 0 aliphatic heterocycles. The van der Waals surface area contributed by atoms with Crippen LogP contribution in [0.15, 0.2) is 29.4 Å². The molecule has 0 aliphatic carbocycles. The maximum atomic E-state index is 4.59. The van der Waals surface area contributed by atoms with E-state index in [9.17, 15) is 0 Å². The van der Waals surface area contributed by atoms with Crippen molar-refractivity contribution in [3.63, 3.8) is 0 Å². The van der Waals surface area contributed by atoms with Crippen LogP contribution in [0.2, 0.25) is 0 Å². The fourth-order valence-electron chi connectivity index (χ4n) is 2.19. The molecular weight excluding hydrogens is 286 g/mol. The minimum absolute atomic E-state index is 0.751. The largest absolute Gasteiger partial charge is 0.318 e. The summed E-state index contributed by atoms with van der Waals surface area (Å²) in [5.74, 6) is 0.751. The second kappa shape index (κ2) is 6.23. The van der Waals surface area contributed by atoms with Crippen molar-refractivity contribution in [1.29, 1.82) is 0 Å². The quantitative estimate of drug-likeness (QED) is 0.687. The number of fused-ring (bicyclic) bond motifs is 1. The zero-order chi connectivity index (χ0) is 14.7. The predicted molar refractivity (Wildman–Crippen MR) is 82.0 cm³/mol. The van der Waals surface area contributed by atoms with Gasteiger partial charge in [0.15, 0.2) is 0 Å². The van der Waals surface area contributed by atoms with Gasteiger partial charge in [-0.3, -0.25) is 4.68 Å². The third-order valence-corrected chi connectivity index (χ3v) is 4.21. The number of likely N-dealkylation sites (N-methyl/N-ethyl adjacent to an activating group) is 1. The van der Waals surface area contributed by atoms with Crippen LogP contribution >= 0.6 is 11.8 Å². The molecule has 0 aliphatic rings. The second-order valence-corrected chi connectivity index (χ2v) is 5.61. The van der Waals surface area contributed by atoms with E-state index in [2.05, 4.69) is 38.1 Å². The Kier molecular flexibility index (Phi) is 4.16. The van der Waals surface area contributed by atoms with Crippen LogP contribution in [0.1, 0.15) is 5.69 Å². The summed E-state index contributed by atoms with van der Waals surface area (Å²) >= 11 is 1.61. The number of hydrogen-bond donors (Lipinski definition) is 1. The lowest BCUT2D eigenvalue weighted by Crippen LogP contribution is -2.16. The van der Waals surface area contributed by atoms with Crippen LogP contribution in [0, 0.1) is 0 Å². The summed E-state index contributed by atoms with van der Waals surface area (Å²) in [6.07, 6.45) is 0. The van der Waals surface area contributed by atoms with Gasteiger partial charge in [-0.15, -0.1) is 5.10 Å². The first-order chi connectivity index (χ1) is 10.3. The van der Waals surface area contributed by atoms with Crippen molar-refractivity contribution in [3.8, 4) is 0 Å². The molecule has 21 heavy (non-hydrogen) atoms. The molecule has 2 heterocycles. The number of hydrogen-bond acceptors (Lipinski definition) is 6. The predicted octanol–water partition coefficient (Wildman–Crippen LogP) is 1.07. The van der Waals surface area contributed by atoms with Gasteiger partial charge in [-0.1, -0.05) is 30.0 Å². The maximum Gasteiger partial charge on any atom is 0.209 e. The van der Waals surface area contributed by atoms with Crippen molar-refractivity contribution in [1.82, 2.24) is 35.3 Å². The van der Waals surface area contributed by atoms with Gasteiger partial charge in [-0.2, -0.15) is 5.10 Å². The van der Waals surface area contributed by atoms with E-state index in [-0.39, 0.29) is 0 Å². The number of nitrogens with one attached hydrogen (secondary N) is 1. The van der Waals surface area contributed by atoms with E-state index in [4.69, 9.17) is 0 Å². The highest BCUT2D eigenvalue weighted by atomic mass is 32.2. The number of nitrogens with zero attached hydrogens (tertiary/aromatic N) is 6.